The molecule has 0 aromatic heterocycles. The first kappa shape index (κ1) is 13.7. The average Bonchev–Trinajstić information content (AvgIpc) is 2.37. The second-order valence-corrected chi connectivity index (χ2v) is 5.21. The Bertz CT molecular complexity index is 446. The molecule has 104 valence electrons. The van der Waals surface area contributed by atoms with Crippen LogP contribution in [0.25, 0.3) is 0 Å². The van der Waals surface area contributed by atoms with Crippen LogP contribution in [-0.2, 0) is 4.79 Å². The molecule has 1 aromatic rings. The summed E-state index contributed by atoms with van der Waals surface area (Å²) in [6.07, 6.45) is 2.36. The lowest BCUT2D eigenvalue weighted by Gasteiger charge is -2.51. The van der Waals surface area contributed by atoms with Crippen LogP contribution in [0.2, 0.25) is 0 Å². The number of hydrogen-bond acceptors (Lipinski definition) is 3. The molecular weight excluding hydrogens is 242 g/mol. The van der Waals surface area contributed by atoms with Gasteiger partial charge in [-0.25, -0.2) is 4.79 Å². The SMILES string of the molecule is CCC1(CC)CN(c2ccccc2OCC(=O)O)C1. The fourth-order valence-corrected chi connectivity index (χ4v) is 2.61. The molecule has 0 aliphatic carbocycles. The van der Waals surface area contributed by atoms with Crippen molar-refractivity contribution in [3.05, 3.63) is 24.3 Å². The summed E-state index contributed by atoms with van der Waals surface area (Å²) >= 11 is 0. The highest BCUT2D eigenvalue weighted by Crippen LogP contribution is 2.42. The van der Waals surface area contributed by atoms with E-state index in [1.807, 2.05) is 24.3 Å². The predicted molar refractivity (Wildman–Crippen MR) is 74.8 cm³/mol. The number of rotatable bonds is 6. The minimum atomic E-state index is -0.949. The van der Waals surface area contributed by atoms with E-state index >= 15 is 0 Å². The van der Waals surface area contributed by atoms with Crippen LogP contribution in [0.1, 0.15) is 26.7 Å². The number of para-hydroxylation sites is 2. The molecule has 1 aliphatic heterocycles. The number of hydrogen-bond donors (Lipinski definition) is 1. The largest absolute Gasteiger partial charge is 0.480 e. The van der Waals surface area contributed by atoms with Gasteiger partial charge in [-0.05, 0) is 25.0 Å². The first-order chi connectivity index (χ1) is 9.10. The van der Waals surface area contributed by atoms with Crippen molar-refractivity contribution in [1.82, 2.24) is 0 Å². The van der Waals surface area contributed by atoms with Crippen LogP contribution in [0.15, 0.2) is 24.3 Å². The van der Waals surface area contributed by atoms with E-state index in [0.29, 0.717) is 11.2 Å². The Balaban J connectivity index is 2.07. The molecule has 0 amide bonds. The molecule has 2 rings (SSSR count). The van der Waals surface area contributed by atoms with Gasteiger partial charge in [0.05, 0.1) is 5.69 Å². The first-order valence-electron chi connectivity index (χ1n) is 6.79. The highest BCUT2D eigenvalue weighted by Gasteiger charge is 2.40. The van der Waals surface area contributed by atoms with E-state index in [2.05, 4.69) is 18.7 Å². The van der Waals surface area contributed by atoms with E-state index in [4.69, 9.17) is 9.84 Å². The summed E-state index contributed by atoms with van der Waals surface area (Å²) in [5.74, 6) is -0.291. The minimum Gasteiger partial charge on any atom is -0.480 e. The number of carboxylic acid groups (broad SMARTS) is 1. The molecule has 0 saturated carbocycles. The van der Waals surface area contributed by atoms with Crippen molar-refractivity contribution < 1.29 is 14.6 Å². The van der Waals surface area contributed by atoms with Gasteiger partial charge in [0.15, 0.2) is 6.61 Å². The summed E-state index contributed by atoms with van der Waals surface area (Å²) in [6, 6.07) is 7.65. The van der Waals surface area contributed by atoms with Gasteiger partial charge in [0.1, 0.15) is 5.75 Å². The van der Waals surface area contributed by atoms with Gasteiger partial charge in [-0.1, -0.05) is 26.0 Å². The van der Waals surface area contributed by atoms with Gasteiger partial charge in [0.2, 0.25) is 0 Å². The number of carboxylic acids is 1. The van der Waals surface area contributed by atoms with Gasteiger partial charge in [0.25, 0.3) is 0 Å². The molecule has 19 heavy (non-hydrogen) atoms. The van der Waals surface area contributed by atoms with Gasteiger partial charge in [-0.15, -0.1) is 0 Å². The van der Waals surface area contributed by atoms with Gasteiger partial charge in [0, 0.05) is 18.5 Å². The standard InChI is InChI=1S/C15H21NO3/c1-3-15(4-2)10-16(11-15)12-7-5-6-8-13(12)19-9-14(17)18/h5-8H,3-4,9-11H2,1-2H3,(H,17,18). The Morgan fingerprint density at radius 1 is 1.32 bits per heavy atom. The molecule has 0 bridgehead atoms. The summed E-state index contributed by atoms with van der Waals surface area (Å²) in [7, 11) is 0. The van der Waals surface area contributed by atoms with Crippen molar-refractivity contribution in [2.75, 3.05) is 24.6 Å². The van der Waals surface area contributed by atoms with Gasteiger partial charge < -0.3 is 14.7 Å². The van der Waals surface area contributed by atoms with Crippen LogP contribution in [0, 0.1) is 5.41 Å². The third-order valence-corrected chi connectivity index (χ3v) is 4.11. The number of aliphatic carboxylic acids is 1. The number of ether oxygens (including phenoxy) is 1. The van der Waals surface area contributed by atoms with Crippen molar-refractivity contribution in [3.63, 3.8) is 0 Å². The molecule has 4 nitrogen and oxygen atoms in total. The molecule has 0 radical (unpaired) electrons. The molecule has 1 fully saturated rings. The van der Waals surface area contributed by atoms with Crippen molar-refractivity contribution in [1.29, 1.82) is 0 Å². The summed E-state index contributed by atoms with van der Waals surface area (Å²) in [5, 5.41) is 8.70. The van der Waals surface area contributed by atoms with E-state index in [1.54, 1.807) is 0 Å². The fourth-order valence-electron chi connectivity index (χ4n) is 2.61. The molecule has 0 unspecified atom stereocenters. The number of carbonyl (C=O) groups is 1. The number of anilines is 1. The molecular formula is C15H21NO3. The Hall–Kier alpha value is -1.71. The lowest BCUT2D eigenvalue weighted by Crippen LogP contribution is -2.56. The average molecular weight is 263 g/mol. The smallest absolute Gasteiger partial charge is 0.341 e. The molecule has 1 aliphatic rings. The van der Waals surface area contributed by atoms with Crippen LogP contribution >= 0.6 is 0 Å². The zero-order valence-electron chi connectivity index (χ0n) is 11.6. The van der Waals surface area contributed by atoms with E-state index in [9.17, 15) is 4.79 Å². The zero-order valence-corrected chi connectivity index (χ0v) is 11.6. The maximum absolute atomic E-state index is 10.6. The number of benzene rings is 1. The molecule has 0 atom stereocenters. The van der Waals surface area contributed by atoms with E-state index < -0.39 is 5.97 Å². The maximum Gasteiger partial charge on any atom is 0.341 e. The monoisotopic (exact) mass is 263 g/mol. The Kier molecular flexibility index (Phi) is 3.98. The molecule has 4 heteroatoms. The van der Waals surface area contributed by atoms with Crippen LogP contribution in [-0.4, -0.2) is 30.8 Å². The molecule has 0 spiro atoms. The van der Waals surface area contributed by atoms with E-state index in [1.165, 1.54) is 12.8 Å². The van der Waals surface area contributed by atoms with Crippen LogP contribution < -0.4 is 9.64 Å². The van der Waals surface area contributed by atoms with Crippen LogP contribution in [0.3, 0.4) is 0 Å². The molecule has 1 N–H and O–H groups in total. The first-order valence-corrected chi connectivity index (χ1v) is 6.79. The van der Waals surface area contributed by atoms with Crippen molar-refractivity contribution in [2.45, 2.75) is 26.7 Å². The summed E-state index contributed by atoms with van der Waals surface area (Å²) in [4.78, 5) is 12.9. The van der Waals surface area contributed by atoms with Crippen LogP contribution in [0.5, 0.6) is 5.75 Å². The van der Waals surface area contributed by atoms with Crippen molar-refractivity contribution in [2.24, 2.45) is 5.41 Å². The topological polar surface area (TPSA) is 49.8 Å². The van der Waals surface area contributed by atoms with Crippen molar-refractivity contribution in [3.8, 4) is 5.75 Å². The van der Waals surface area contributed by atoms with Crippen LogP contribution in [0.4, 0.5) is 5.69 Å². The zero-order chi connectivity index (χ0) is 13.9. The molecule has 1 aromatic carbocycles. The normalized spacial score (nSPS) is 16.8. The third kappa shape index (κ3) is 2.83. The summed E-state index contributed by atoms with van der Waals surface area (Å²) in [5.41, 5.74) is 1.42. The lowest BCUT2D eigenvalue weighted by molar-refractivity contribution is -0.139. The Morgan fingerprint density at radius 2 is 1.95 bits per heavy atom. The fraction of sp³-hybridized carbons (Fsp3) is 0.533. The van der Waals surface area contributed by atoms with E-state index in [-0.39, 0.29) is 6.61 Å². The van der Waals surface area contributed by atoms with Gasteiger partial charge in [-0.2, -0.15) is 0 Å². The van der Waals surface area contributed by atoms with Crippen molar-refractivity contribution >= 4 is 11.7 Å². The second-order valence-electron chi connectivity index (χ2n) is 5.21. The molecule has 1 saturated heterocycles. The summed E-state index contributed by atoms with van der Waals surface area (Å²) in [6.45, 7) is 6.21. The highest BCUT2D eigenvalue weighted by atomic mass is 16.5. The van der Waals surface area contributed by atoms with Gasteiger partial charge in [-0.3, -0.25) is 0 Å². The minimum absolute atomic E-state index is 0.294. The van der Waals surface area contributed by atoms with Gasteiger partial charge >= 0.3 is 5.97 Å². The quantitative estimate of drug-likeness (QED) is 0.857. The third-order valence-electron chi connectivity index (χ3n) is 4.11. The number of nitrogens with zero attached hydrogens (tertiary/aromatic N) is 1. The lowest BCUT2D eigenvalue weighted by atomic mass is 9.75. The predicted octanol–water partition coefficient (Wildman–Crippen LogP) is 2.78. The summed E-state index contributed by atoms with van der Waals surface area (Å²) < 4.78 is 5.35. The molecule has 1 heterocycles. The maximum atomic E-state index is 10.6. The Labute approximate surface area is 114 Å². The Morgan fingerprint density at radius 3 is 2.53 bits per heavy atom. The van der Waals surface area contributed by atoms with E-state index in [0.717, 1.165) is 18.8 Å². The highest BCUT2D eigenvalue weighted by molar-refractivity contribution is 5.69. The second kappa shape index (κ2) is 5.51.